The fourth-order valence-corrected chi connectivity index (χ4v) is 0.993. The van der Waals surface area contributed by atoms with Gasteiger partial charge in [-0.15, -0.1) is 12.3 Å². The van der Waals surface area contributed by atoms with Crippen LogP contribution in [0, 0.1) is 12.3 Å². The van der Waals surface area contributed by atoms with Crippen LogP contribution in [0.1, 0.15) is 32.6 Å². The van der Waals surface area contributed by atoms with Gasteiger partial charge in [-0.25, -0.2) is 0 Å². The van der Waals surface area contributed by atoms with E-state index in [0.29, 0.717) is 0 Å². The summed E-state index contributed by atoms with van der Waals surface area (Å²) in [7, 11) is 0. The SMILES string of the molecule is C#CCCCCNCCOCCC. The first-order valence-corrected chi connectivity index (χ1v) is 5.13. The quantitative estimate of drug-likeness (QED) is 0.435. The van der Waals surface area contributed by atoms with Crippen LogP contribution in [0.2, 0.25) is 0 Å². The first-order chi connectivity index (χ1) is 6.41. The van der Waals surface area contributed by atoms with E-state index >= 15 is 0 Å². The topological polar surface area (TPSA) is 21.3 Å². The van der Waals surface area contributed by atoms with Crippen LogP contribution in [-0.2, 0) is 4.74 Å². The van der Waals surface area contributed by atoms with Crippen LogP contribution in [0.3, 0.4) is 0 Å². The number of terminal acetylenes is 1. The summed E-state index contributed by atoms with van der Waals surface area (Å²) in [4.78, 5) is 0. The van der Waals surface area contributed by atoms with Crippen LogP contribution in [0.4, 0.5) is 0 Å². The summed E-state index contributed by atoms with van der Waals surface area (Å²) in [5.41, 5.74) is 0. The van der Waals surface area contributed by atoms with Crippen molar-refractivity contribution in [2.24, 2.45) is 0 Å². The lowest BCUT2D eigenvalue weighted by Gasteiger charge is -2.04. The Morgan fingerprint density at radius 1 is 1.23 bits per heavy atom. The molecule has 0 saturated carbocycles. The Morgan fingerprint density at radius 2 is 2.08 bits per heavy atom. The van der Waals surface area contributed by atoms with Gasteiger partial charge in [-0.05, 0) is 25.8 Å². The van der Waals surface area contributed by atoms with Gasteiger partial charge in [0.2, 0.25) is 0 Å². The van der Waals surface area contributed by atoms with Crippen molar-refractivity contribution >= 4 is 0 Å². The molecule has 2 nitrogen and oxygen atoms in total. The third-order valence-electron chi connectivity index (χ3n) is 1.70. The highest BCUT2D eigenvalue weighted by atomic mass is 16.5. The molecule has 0 radical (unpaired) electrons. The number of hydrogen-bond acceptors (Lipinski definition) is 2. The number of nitrogens with one attached hydrogen (secondary N) is 1. The number of unbranched alkanes of at least 4 members (excludes halogenated alkanes) is 2. The third-order valence-corrected chi connectivity index (χ3v) is 1.70. The minimum Gasteiger partial charge on any atom is -0.380 e. The zero-order chi connectivity index (χ0) is 9.78. The van der Waals surface area contributed by atoms with Crippen molar-refractivity contribution in [3.8, 4) is 12.3 Å². The molecule has 0 atom stereocenters. The summed E-state index contributed by atoms with van der Waals surface area (Å²) in [6.07, 6.45) is 9.42. The molecule has 0 aliphatic heterocycles. The minimum absolute atomic E-state index is 0.822. The molecule has 0 bridgehead atoms. The maximum atomic E-state index is 5.32. The molecule has 0 aromatic rings. The molecular weight excluding hydrogens is 162 g/mol. The lowest BCUT2D eigenvalue weighted by atomic mass is 10.2. The normalized spacial score (nSPS) is 9.85. The van der Waals surface area contributed by atoms with E-state index in [1.165, 1.54) is 0 Å². The van der Waals surface area contributed by atoms with Crippen molar-refractivity contribution in [2.45, 2.75) is 32.6 Å². The summed E-state index contributed by atoms with van der Waals surface area (Å²) in [6, 6.07) is 0. The number of hydrogen-bond donors (Lipinski definition) is 1. The van der Waals surface area contributed by atoms with Gasteiger partial charge in [-0.1, -0.05) is 6.92 Å². The number of ether oxygens (including phenoxy) is 1. The second kappa shape index (κ2) is 11.5. The van der Waals surface area contributed by atoms with Crippen LogP contribution in [0.25, 0.3) is 0 Å². The molecule has 0 amide bonds. The standard InChI is InChI=1S/C11H21NO/c1-3-5-6-7-8-12-9-11-13-10-4-2/h1,12H,4-11H2,2H3. The van der Waals surface area contributed by atoms with Gasteiger partial charge < -0.3 is 10.1 Å². The average Bonchev–Trinajstić information content (AvgIpc) is 2.16. The lowest BCUT2D eigenvalue weighted by molar-refractivity contribution is 0.136. The van der Waals surface area contributed by atoms with Crippen molar-refractivity contribution in [3.05, 3.63) is 0 Å². The summed E-state index contributed by atoms with van der Waals surface area (Å²) in [5.74, 6) is 2.63. The average molecular weight is 183 g/mol. The van der Waals surface area contributed by atoms with Crippen LogP contribution in [-0.4, -0.2) is 26.3 Å². The molecule has 0 unspecified atom stereocenters. The van der Waals surface area contributed by atoms with E-state index in [0.717, 1.165) is 52.0 Å². The maximum absolute atomic E-state index is 5.32. The third kappa shape index (κ3) is 11.5. The predicted octanol–water partition coefficient (Wildman–Crippen LogP) is 1.81. The van der Waals surface area contributed by atoms with Gasteiger partial charge in [0.1, 0.15) is 0 Å². The highest BCUT2D eigenvalue weighted by molar-refractivity contribution is 4.82. The zero-order valence-corrected chi connectivity index (χ0v) is 8.64. The largest absolute Gasteiger partial charge is 0.380 e. The molecule has 0 aliphatic carbocycles. The Labute approximate surface area is 82.1 Å². The van der Waals surface area contributed by atoms with Gasteiger partial charge in [-0.3, -0.25) is 0 Å². The molecule has 2 heteroatoms. The summed E-state index contributed by atoms with van der Waals surface area (Å²) >= 11 is 0. The maximum Gasteiger partial charge on any atom is 0.0590 e. The molecule has 0 aliphatic rings. The monoisotopic (exact) mass is 183 g/mol. The van der Waals surface area contributed by atoms with Crippen LogP contribution < -0.4 is 5.32 Å². The Hall–Kier alpha value is -0.520. The highest BCUT2D eigenvalue weighted by Gasteiger charge is 1.88. The highest BCUT2D eigenvalue weighted by Crippen LogP contribution is 1.90. The molecule has 0 fully saturated rings. The van der Waals surface area contributed by atoms with Gasteiger partial charge in [0.05, 0.1) is 6.61 Å². The smallest absolute Gasteiger partial charge is 0.0590 e. The second-order valence-electron chi connectivity index (χ2n) is 3.02. The van der Waals surface area contributed by atoms with Crippen molar-refractivity contribution in [3.63, 3.8) is 0 Å². The van der Waals surface area contributed by atoms with E-state index in [4.69, 9.17) is 11.2 Å². The van der Waals surface area contributed by atoms with Crippen LogP contribution in [0.5, 0.6) is 0 Å². The van der Waals surface area contributed by atoms with Crippen molar-refractivity contribution in [2.75, 3.05) is 26.3 Å². The molecule has 76 valence electrons. The Bertz CT molecular complexity index is 129. The van der Waals surface area contributed by atoms with Crippen molar-refractivity contribution in [1.82, 2.24) is 5.32 Å². The fraction of sp³-hybridized carbons (Fsp3) is 0.818. The van der Waals surface area contributed by atoms with E-state index < -0.39 is 0 Å². The van der Waals surface area contributed by atoms with Gasteiger partial charge in [-0.2, -0.15) is 0 Å². The fourth-order valence-electron chi connectivity index (χ4n) is 0.993. The van der Waals surface area contributed by atoms with E-state index in [2.05, 4.69) is 18.2 Å². The first-order valence-electron chi connectivity index (χ1n) is 5.13. The van der Waals surface area contributed by atoms with Crippen LogP contribution in [0.15, 0.2) is 0 Å². The molecule has 0 rings (SSSR count). The Morgan fingerprint density at radius 3 is 2.77 bits per heavy atom. The van der Waals surface area contributed by atoms with Crippen molar-refractivity contribution < 1.29 is 4.74 Å². The van der Waals surface area contributed by atoms with E-state index in [1.54, 1.807) is 0 Å². The first kappa shape index (κ1) is 12.5. The van der Waals surface area contributed by atoms with Gasteiger partial charge in [0, 0.05) is 19.6 Å². The van der Waals surface area contributed by atoms with Gasteiger partial charge in [0.25, 0.3) is 0 Å². The Kier molecular flexibility index (Phi) is 11.0. The van der Waals surface area contributed by atoms with Gasteiger partial charge >= 0.3 is 0 Å². The molecule has 0 saturated heterocycles. The molecule has 0 heterocycles. The summed E-state index contributed by atoms with van der Waals surface area (Å²) in [6.45, 7) is 5.82. The molecule has 0 spiro atoms. The zero-order valence-electron chi connectivity index (χ0n) is 8.64. The van der Waals surface area contributed by atoms with E-state index in [9.17, 15) is 0 Å². The van der Waals surface area contributed by atoms with E-state index in [-0.39, 0.29) is 0 Å². The molecule has 0 aromatic carbocycles. The summed E-state index contributed by atoms with van der Waals surface area (Å²) in [5, 5.41) is 3.31. The van der Waals surface area contributed by atoms with E-state index in [1.807, 2.05) is 0 Å². The van der Waals surface area contributed by atoms with Crippen molar-refractivity contribution in [1.29, 1.82) is 0 Å². The number of rotatable bonds is 9. The molecular formula is C11H21NO. The predicted molar refractivity (Wildman–Crippen MR) is 56.7 cm³/mol. The summed E-state index contributed by atoms with van der Waals surface area (Å²) < 4.78 is 5.32. The molecule has 1 N–H and O–H groups in total. The minimum atomic E-state index is 0.822. The van der Waals surface area contributed by atoms with Gasteiger partial charge in [0.15, 0.2) is 0 Å². The molecule has 13 heavy (non-hydrogen) atoms. The molecule has 0 aromatic heterocycles. The Balaban J connectivity index is 2.80. The van der Waals surface area contributed by atoms with Crippen LogP contribution >= 0.6 is 0 Å². The lowest BCUT2D eigenvalue weighted by Crippen LogP contribution is -2.20. The second-order valence-corrected chi connectivity index (χ2v) is 3.02.